The maximum atomic E-state index is 12.2. The molecule has 0 saturated heterocycles. The van der Waals surface area contributed by atoms with Gasteiger partial charge in [0.15, 0.2) is 0 Å². The first kappa shape index (κ1) is 18.6. The van der Waals surface area contributed by atoms with Crippen LogP contribution < -0.4 is 0 Å². The predicted octanol–water partition coefficient (Wildman–Crippen LogP) is 4.49. The summed E-state index contributed by atoms with van der Waals surface area (Å²) in [5, 5.41) is 0. The van der Waals surface area contributed by atoms with Gasteiger partial charge in [-0.2, -0.15) is 0 Å². The van der Waals surface area contributed by atoms with Crippen molar-refractivity contribution in [3.63, 3.8) is 0 Å². The van der Waals surface area contributed by atoms with Gasteiger partial charge in [-0.3, -0.25) is 13.6 Å². The van der Waals surface area contributed by atoms with Crippen LogP contribution in [0.25, 0.3) is 0 Å². The number of phosphoric ester groups is 1. The van der Waals surface area contributed by atoms with E-state index in [9.17, 15) is 4.57 Å². The zero-order chi connectivity index (χ0) is 13.5. The van der Waals surface area contributed by atoms with E-state index >= 15 is 0 Å². The molecule has 0 rings (SSSR count). The second-order valence-electron chi connectivity index (χ2n) is 3.68. The van der Waals surface area contributed by atoms with Crippen LogP contribution in [-0.2, 0) is 18.1 Å². The van der Waals surface area contributed by atoms with E-state index < -0.39 is 7.82 Å². The number of halogens is 3. The van der Waals surface area contributed by atoms with Gasteiger partial charge >= 0.3 is 7.82 Å². The average molecular weight is 461 g/mol. The summed E-state index contributed by atoms with van der Waals surface area (Å²) in [4.78, 5) is 0.266. The summed E-state index contributed by atoms with van der Waals surface area (Å²) < 4.78 is 27.8. The lowest BCUT2D eigenvalue weighted by atomic mass is 10.5. The minimum atomic E-state index is -3.47. The lowest BCUT2D eigenvalue weighted by molar-refractivity contribution is 0.117. The Hall–Kier alpha value is 1.55. The standard InChI is InChI=1S/C9H18Br3O4P/c1-7(10)4-14-17(13,15-5-8(2)11)16-6-9(3)12/h7-9H,4-6H2,1-3H3. The van der Waals surface area contributed by atoms with Crippen LogP contribution in [-0.4, -0.2) is 34.3 Å². The molecule has 0 fully saturated rings. The minimum absolute atomic E-state index is 0.0887. The zero-order valence-electron chi connectivity index (χ0n) is 10.1. The van der Waals surface area contributed by atoms with Crippen molar-refractivity contribution in [1.82, 2.24) is 0 Å². The summed E-state index contributed by atoms with van der Waals surface area (Å²) in [6.07, 6.45) is 0. The van der Waals surface area contributed by atoms with Crippen LogP contribution >= 0.6 is 55.6 Å². The van der Waals surface area contributed by atoms with E-state index in [1.807, 2.05) is 20.8 Å². The van der Waals surface area contributed by atoms with Crippen molar-refractivity contribution in [2.45, 2.75) is 35.3 Å². The van der Waals surface area contributed by atoms with Crippen LogP contribution in [0.3, 0.4) is 0 Å². The van der Waals surface area contributed by atoms with Gasteiger partial charge in [-0.25, -0.2) is 4.57 Å². The molecule has 3 atom stereocenters. The van der Waals surface area contributed by atoms with Gasteiger partial charge in [-0.1, -0.05) is 68.6 Å². The first-order valence-corrected chi connectivity index (χ1v) is 9.42. The first-order valence-electron chi connectivity index (χ1n) is 5.21. The molecule has 3 unspecified atom stereocenters. The molecule has 104 valence electrons. The molecule has 0 spiro atoms. The number of hydrogen-bond acceptors (Lipinski definition) is 4. The lowest BCUT2D eigenvalue weighted by Crippen LogP contribution is -2.12. The highest BCUT2D eigenvalue weighted by atomic mass is 79.9. The van der Waals surface area contributed by atoms with E-state index in [2.05, 4.69) is 47.8 Å². The number of phosphoric acid groups is 1. The summed E-state index contributed by atoms with van der Waals surface area (Å²) in [6, 6.07) is 0. The maximum Gasteiger partial charge on any atom is 0.474 e. The smallest absolute Gasteiger partial charge is 0.286 e. The normalized spacial score (nSPS) is 20.6. The zero-order valence-corrected chi connectivity index (χ0v) is 15.7. The quantitative estimate of drug-likeness (QED) is 0.375. The van der Waals surface area contributed by atoms with Crippen molar-refractivity contribution in [2.75, 3.05) is 19.8 Å². The van der Waals surface area contributed by atoms with Gasteiger partial charge in [0.05, 0.1) is 19.8 Å². The molecule has 0 saturated carbocycles. The Morgan fingerprint density at radius 1 is 0.824 bits per heavy atom. The maximum absolute atomic E-state index is 12.2. The molecule has 4 nitrogen and oxygen atoms in total. The van der Waals surface area contributed by atoms with Crippen LogP contribution in [0.1, 0.15) is 20.8 Å². The Labute approximate surface area is 128 Å². The fraction of sp³-hybridized carbons (Fsp3) is 1.00. The molecule has 0 heterocycles. The molecule has 0 aliphatic heterocycles. The van der Waals surface area contributed by atoms with Crippen molar-refractivity contribution >= 4 is 55.6 Å². The molecule has 0 aliphatic rings. The van der Waals surface area contributed by atoms with Crippen LogP contribution in [0, 0.1) is 0 Å². The third-order valence-electron chi connectivity index (χ3n) is 1.39. The number of alkyl halides is 3. The van der Waals surface area contributed by atoms with Crippen molar-refractivity contribution in [3.05, 3.63) is 0 Å². The molecule has 8 heteroatoms. The van der Waals surface area contributed by atoms with Crippen molar-refractivity contribution in [2.24, 2.45) is 0 Å². The molecule has 0 aliphatic carbocycles. The largest absolute Gasteiger partial charge is 0.474 e. The highest BCUT2D eigenvalue weighted by molar-refractivity contribution is 9.10. The molecule has 0 radical (unpaired) electrons. The molecule has 0 bridgehead atoms. The molecule has 0 aromatic rings. The van der Waals surface area contributed by atoms with E-state index in [0.29, 0.717) is 0 Å². The van der Waals surface area contributed by atoms with Crippen LogP contribution in [0.4, 0.5) is 0 Å². The van der Waals surface area contributed by atoms with Gasteiger partial charge in [0.25, 0.3) is 0 Å². The fourth-order valence-corrected chi connectivity index (χ4v) is 3.15. The highest BCUT2D eigenvalue weighted by Gasteiger charge is 2.28. The molecular weight excluding hydrogens is 443 g/mol. The van der Waals surface area contributed by atoms with Crippen molar-refractivity contribution in [3.8, 4) is 0 Å². The van der Waals surface area contributed by atoms with Crippen LogP contribution in [0.15, 0.2) is 0 Å². The summed E-state index contributed by atoms with van der Waals surface area (Å²) >= 11 is 9.93. The molecular formula is C9H18Br3O4P. The average Bonchev–Trinajstić information content (AvgIpc) is 2.21. The van der Waals surface area contributed by atoms with Gasteiger partial charge in [0.2, 0.25) is 0 Å². The second-order valence-corrected chi connectivity index (χ2v) is 10.0. The van der Waals surface area contributed by atoms with Gasteiger partial charge in [-0.15, -0.1) is 0 Å². The molecule has 0 aromatic heterocycles. The van der Waals surface area contributed by atoms with Gasteiger partial charge < -0.3 is 0 Å². The van der Waals surface area contributed by atoms with Crippen LogP contribution in [0.5, 0.6) is 0 Å². The summed E-state index contributed by atoms with van der Waals surface area (Å²) in [5.74, 6) is 0. The van der Waals surface area contributed by atoms with Gasteiger partial charge in [0, 0.05) is 14.5 Å². The van der Waals surface area contributed by atoms with Crippen molar-refractivity contribution in [1.29, 1.82) is 0 Å². The Kier molecular flexibility index (Phi) is 10.3. The lowest BCUT2D eigenvalue weighted by Gasteiger charge is -2.20. The summed E-state index contributed by atoms with van der Waals surface area (Å²) in [6.45, 7) is 6.49. The fourth-order valence-electron chi connectivity index (χ4n) is 0.694. The Bertz CT molecular complexity index is 210. The highest BCUT2D eigenvalue weighted by Crippen LogP contribution is 2.50. The van der Waals surface area contributed by atoms with E-state index in [1.54, 1.807) is 0 Å². The van der Waals surface area contributed by atoms with E-state index in [0.717, 1.165) is 0 Å². The van der Waals surface area contributed by atoms with Gasteiger partial charge in [0.1, 0.15) is 0 Å². The Morgan fingerprint density at radius 2 is 1.06 bits per heavy atom. The van der Waals surface area contributed by atoms with Crippen LogP contribution in [0.2, 0.25) is 0 Å². The second kappa shape index (κ2) is 9.45. The molecule has 0 amide bonds. The van der Waals surface area contributed by atoms with Crippen molar-refractivity contribution < 1.29 is 18.1 Å². The Morgan fingerprint density at radius 3 is 1.24 bits per heavy atom. The number of hydrogen-bond donors (Lipinski definition) is 0. The molecule has 0 N–H and O–H groups in total. The topological polar surface area (TPSA) is 44.8 Å². The van der Waals surface area contributed by atoms with Gasteiger partial charge in [-0.05, 0) is 0 Å². The molecule has 0 aromatic carbocycles. The number of rotatable bonds is 9. The third-order valence-corrected chi connectivity index (χ3v) is 3.58. The predicted molar refractivity (Wildman–Crippen MR) is 80.6 cm³/mol. The van der Waals surface area contributed by atoms with E-state index in [-0.39, 0.29) is 34.3 Å². The third kappa shape index (κ3) is 11.1. The minimum Gasteiger partial charge on any atom is -0.286 e. The summed E-state index contributed by atoms with van der Waals surface area (Å²) in [5.41, 5.74) is 0. The Balaban J connectivity index is 4.29. The summed E-state index contributed by atoms with van der Waals surface area (Å²) in [7, 11) is -3.47. The first-order chi connectivity index (χ1) is 7.75. The van der Waals surface area contributed by atoms with E-state index in [4.69, 9.17) is 13.6 Å². The molecule has 17 heavy (non-hydrogen) atoms. The monoisotopic (exact) mass is 458 g/mol. The SMILES string of the molecule is CC(Br)COP(=O)(OCC(C)Br)OCC(C)Br. The van der Waals surface area contributed by atoms with E-state index in [1.165, 1.54) is 0 Å².